The summed E-state index contributed by atoms with van der Waals surface area (Å²) in [6.45, 7) is 12.7. The summed E-state index contributed by atoms with van der Waals surface area (Å²) in [5.74, 6) is 2.30. The smallest absolute Gasteiger partial charge is 0.253 e. The van der Waals surface area contributed by atoms with E-state index in [1.165, 1.54) is 0 Å². The Morgan fingerprint density at radius 1 is 1.06 bits per heavy atom. The van der Waals surface area contributed by atoms with Gasteiger partial charge in [0.1, 0.15) is 0 Å². The number of amides is 2. The van der Waals surface area contributed by atoms with Gasteiger partial charge in [0.15, 0.2) is 11.5 Å². The molecule has 0 bridgehead atoms. The van der Waals surface area contributed by atoms with Crippen molar-refractivity contribution >= 4 is 11.8 Å². The van der Waals surface area contributed by atoms with Crippen LogP contribution in [0.15, 0.2) is 18.2 Å². The number of ether oxygens (including phenoxy) is 2. The van der Waals surface area contributed by atoms with E-state index < -0.39 is 0 Å². The number of benzene rings is 1. The quantitative estimate of drug-likeness (QED) is 0.719. The topological polar surface area (TPSA) is 62.3 Å². The zero-order valence-electron chi connectivity index (χ0n) is 19.6. The van der Waals surface area contributed by atoms with E-state index in [0.717, 1.165) is 52.0 Å². The van der Waals surface area contributed by atoms with Crippen molar-refractivity contribution in [3.05, 3.63) is 23.8 Å². The molecule has 1 aromatic carbocycles. The molecule has 1 atom stereocenters. The van der Waals surface area contributed by atoms with Crippen LogP contribution in [-0.2, 0) is 4.79 Å². The zero-order chi connectivity index (χ0) is 22.5. The molecule has 3 saturated heterocycles. The van der Waals surface area contributed by atoms with Crippen LogP contribution in [0.25, 0.3) is 0 Å². The van der Waals surface area contributed by atoms with Gasteiger partial charge in [0.2, 0.25) is 12.7 Å². The number of likely N-dealkylation sites (tertiary alicyclic amines) is 3. The minimum Gasteiger partial charge on any atom is -0.454 e. The Hall–Kier alpha value is -2.28. The van der Waals surface area contributed by atoms with Gasteiger partial charge in [-0.3, -0.25) is 9.59 Å². The van der Waals surface area contributed by atoms with E-state index in [-0.39, 0.29) is 23.5 Å². The number of hydrogen-bond acceptors (Lipinski definition) is 5. The molecule has 0 radical (unpaired) electrons. The van der Waals surface area contributed by atoms with Gasteiger partial charge in [-0.25, -0.2) is 0 Å². The second-order valence-electron chi connectivity index (χ2n) is 10.4. The number of fused-ring (bicyclic) bond motifs is 2. The Morgan fingerprint density at radius 2 is 1.81 bits per heavy atom. The molecule has 0 aliphatic carbocycles. The van der Waals surface area contributed by atoms with Crippen molar-refractivity contribution in [3.63, 3.8) is 0 Å². The minimum absolute atomic E-state index is 0.0332. The summed E-state index contributed by atoms with van der Waals surface area (Å²) in [5.41, 5.74) is 0.322. The van der Waals surface area contributed by atoms with Crippen molar-refractivity contribution in [3.8, 4) is 11.5 Å². The number of carbonyl (C=O) groups is 2. The van der Waals surface area contributed by atoms with Crippen LogP contribution < -0.4 is 9.47 Å². The third-order valence-electron chi connectivity index (χ3n) is 8.17. The SMILES string of the molecule is CCN1CCC2(CN(CC(C)C)CC23CCN(C(=O)c2ccc4c(c2)OCO4)CC3)C1=O. The van der Waals surface area contributed by atoms with Crippen LogP contribution in [0.4, 0.5) is 0 Å². The van der Waals surface area contributed by atoms with Gasteiger partial charge in [-0.1, -0.05) is 13.8 Å². The number of rotatable bonds is 4. The predicted octanol–water partition coefficient (Wildman–Crippen LogP) is 2.85. The van der Waals surface area contributed by atoms with Crippen LogP contribution >= 0.6 is 0 Å². The van der Waals surface area contributed by atoms with Gasteiger partial charge in [0.25, 0.3) is 5.91 Å². The van der Waals surface area contributed by atoms with Crippen molar-refractivity contribution in [2.75, 3.05) is 52.6 Å². The van der Waals surface area contributed by atoms with E-state index in [0.29, 0.717) is 42.0 Å². The van der Waals surface area contributed by atoms with Gasteiger partial charge in [-0.05, 0) is 50.3 Å². The average Bonchev–Trinajstić information content (AvgIpc) is 3.45. The van der Waals surface area contributed by atoms with E-state index in [1.54, 1.807) is 6.07 Å². The fourth-order valence-corrected chi connectivity index (χ4v) is 6.59. The third kappa shape index (κ3) is 3.28. The Labute approximate surface area is 190 Å². The monoisotopic (exact) mass is 441 g/mol. The Bertz CT molecular complexity index is 908. The molecular weight excluding hydrogens is 406 g/mol. The van der Waals surface area contributed by atoms with E-state index in [9.17, 15) is 9.59 Å². The highest BCUT2D eigenvalue weighted by molar-refractivity contribution is 5.95. The van der Waals surface area contributed by atoms with Crippen molar-refractivity contribution < 1.29 is 19.1 Å². The second-order valence-corrected chi connectivity index (χ2v) is 10.4. The van der Waals surface area contributed by atoms with E-state index >= 15 is 0 Å². The molecule has 3 fully saturated rings. The highest BCUT2D eigenvalue weighted by atomic mass is 16.7. The maximum atomic E-state index is 13.6. The summed E-state index contributed by atoms with van der Waals surface area (Å²) in [4.78, 5) is 33.4. The van der Waals surface area contributed by atoms with E-state index in [4.69, 9.17) is 9.47 Å². The minimum atomic E-state index is -0.286. The molecule has 0 N–H and O–H groups in total. The first-order valence-electron chi connectivity index (χ1n) is 12.1. The third-order valence-corrected chi connectivity index (χ3v) is 8.17. The highest BCUT2D eigenvalue weighted by Gasteiger charge is 2.64. The summed E-state index contributed by atoms with van der Waals surface area (Å²) >= 11 is 0. The Morgan fingerprint density at radius 3 is 2.50 bits per heavy atom. The molecule has 174 valence electrons. The molecule has 5 rings (SSSR count). The first-order valence-corrected chi connectivity index (χ1v) is 12.1. The normalized spacial score (nSPS) is 26.8. The van der Waals surface area contributed by atoms with E-state index in [2.05, 4.69) is 25.7 Å². The van der Waals surface area contributed by atoms with Crippen molar-refractivity contribution in [2.45, 2.75) is 40.0 Å². The lowest BCUT2D eigenvalue weighted by atomic mass is 9.60. The molecule has 32 heavy (non-hydrogen) atoms. The second kappa shape index (κ2) is 7.94. The number of carbonyl (C=O) groups excluding carboxylic acids is 2. The number of nitrogens with zero attached hydrogens (tertiary/aromatic N) is 3. The van der Waals surface area contributed by atoms with Crippen LogP contribution in [0.2, 0.25) is 0 Å². The van der Waals surface area contributed by atoms with Crippen LogP contribution in [0.5, 0.6) is 11.5 Å². The highest BCUT2D eigenvalue weighted by Crippen LogP contribution is 2.58. The lowest BCUT2D eigenvalue weighted by Gasteiger charge is -2.47. The van der Waals surface area contributed by atoms with Crippen LogP contribution in [0.3, 0.4) is 0 Å². The summed E-state index contributed by atoms with van der Waals surface area (Å²) in [6, 6.07) is 5.42. The first kappa shape index (κ1) is 21.6. The molecule has 1 aromatic rings. The maximum absolute atomic E-state index is 13.6. The van der Waals surface area contributed by atoms with Gasteiger partial charge in [0.05, 0.1) is 5.41 Å². The molecule has 2 amide bonds. The molecule has 4 aliphatic heterocycles. The molecular formula is C25H35N3O4. The molecule has 0 saturated carbocycles. The van der Waals surface area contributed by atoms with Crippen molar-refractivity contribution in [2.24, 2.45) is 16.7 Å². The zero-order valence-corrected chi connectivity index (χ0v) is 19.6. The molecule has 1 unspecified atom stereocenters. The number of hydrogen-bond donors (Lipinski definition) is 0. The molecule has 4 aliphatic rings. The Balaban J connectivity index is 1.35. The summed E-state index contributed by atoms with van der Waals surface area (Å²) in [6.07, 6.45) is 2.73. The van der Waals surface area contributed by atoms with Crippen molar-refractivity contribution in [1.82, 2.24) is 14.7 Å². The lowest BCUT2D eigenvalue weighted by Crippen LogP contribution is -2.53. The summed E-state index contributed by atoms with van der Waals surface area (Å²) in [7, 11) is 0. The fraction of sp³-hybridized carbons (Fsp3) is 0.680. The van der Waals surface area contributed by atoms with Crippen LogP contribution in [-0.4, -0.2) is 79.1 Å². The van der Waals surface area contributed by atoms with Gasteiger partial charge in [-0.2, -0.15) is 0 Å². The Kier molecular flexibility index (Phi) is 5.35. The van der Waals surface area contributed by atoms with E-state index in [1.807, 2.05) is 21.9 Å². The van der Waals surface area contributed by atoms with Crippen molar-refractivity contribution in [1.29, 1.82) is 0 Å². The van der Waals surface area contributed by atoms with Gasteiger partial charge in [-0.15, -0.1) is 0 Å². The molecule has 2 spiro atoms. The van der Waals surface area contributed by atoms with Gasteiger partial charge >= 0.3 is 0 Å². The standard InChI is InChI=1S/C25H35N3O4/c1-4-27-12-9-25(23(27)30)16-26(14-18(2)3)15-24(25)7-10-28(11-8-24)22(29)19-5-6-20-21(13-19)32-17-31-20/h5-6,13,18H,4,7-12,14-17H2,1-3H3. The molecule has 4 heterocycles. The number of piperidine rings is 1. The molecule has 7 nitrogen and oxygen atoms in total. The van der Waals surface area contributed by atoms with Gasteiger partial charge < -0.3 is 24.2 Å². The first-order chi connectivity index (χ1) is 15.4. The predicted molar refractivity (Wildman–Crippen MR) is 121 cm³/mol. The summed E-state index contributed by atoms with van der Waals surface area (Å²) in [5, 5.41) is 0. The summed E-state index contributed by atoms with van der Waals surface area (Å²) < 4.78 is 10.8. The fourth-order valence-electron chi connectivity index (χ4n) is 6.59. The van der Waals surface area contributed by atoms with Crippen LogP contribution in [0, 0.1) is 16.7 Å². The lowest BCUT2D eigenvalue weighted by molar-refractivity contribution is -0.141. The van der Waals surface area contributed by atoms with Gasteiger partial charge in [0, 0.05) is 56.8 Å². The maximum Gasteiger partial charge on any atom is 0.253 e. The molecule has 7 heteroatoms. The largest absolute Gasteiger partial charge is 0.454 e. The average molecular weight is 442 g/mol. The van der Waals surface area contributed by atoms with Crippen LogP contribution in [0.1, 0.15) is 50.4 Å². The molecule has 0 aromatic heterocycles.